The van der Waals surface area contributed by atoms with E-state index in [0.717, 1.165) is 12.0 Å². The average molecular weight is 294 g/mol. The summed E-state index contributed by atoms with van der Waals surface area (Å²) in [6, 6.07) is 0. The lowest BCUT2D eigenvalue weighted by Crippen LogP contribution is -2.32. The van der Waals surface area contributed by atoms with Gasteiger partial charge in [0.15, 0.2) is 0 Å². The number of hydrogen-bond donors (Lipinski definition) is 2. The number of carboxylic acids is 2. The van der Waals surface area contributed by atoms with E-state index in [-0.39, 0.29) is 16.9 Å². The highest BCUT2D eigenvalue weighted by Crippen LogP contribution is 2.45. The van der Waals surface area contributed by atoms with Crippen LogP contribution in [0.4, 0.5) is 0 Å². The van der Waals surface area contributed by atoms with E-state index >= 15 is 0 Å². The minimum Gasteiger partial charge on any atom is -0.481 e. The average Bonchev–Trinajstić information content (AvgIpc) is 2.29. The summed E-state index contributed by atoms with van der Waals surface area (Å²) >= 11 is 0. The van der Waals surface area contributed by atoms with Gasteiger partial charge in [0.2, 0.25) is 0 Å². The highest BCUT2D eigenvalue weighted by atomic mass is 16.4. The molecule has 0 aliphatic heterocycles. The van der Waals surface area contributed by atoms with Crippen molar-refractivity contribution in [2.24, 2.45) is 23.2 Å². The second-order valence-electron chi connectivity index (χ2n) is 6.99. The lowest BCUT2D eigenvalue weighted by molar-refractivity contribution is -0.142. The first kappa shape index (κ1) is 17.5. The Morgan fingerprint density at radius 2 is 1.76 bits per heavy atom. The van der Waals surface area contributed by atoms with Crippen molar-refractivity contribution in [2.45, 2.75) is 47.5 Å². The number of allylic oxidation sites excluding steroid dienone is 2. The molecule has 0 heterocycles. The van der Waals surface area contributed by atoms with E-state index in [0.29, 0.717) is 12.3 Å². The van der Waals surface area contributed by atoms with Crippen LogP contribution in [-0.2, 0) is 9.59 Å². The third-order valence-electron chi connectivity index (χ3n) is 3.92. The Labute approximate surface area is 126 Å². The van der Waals surface area contributed by atoms with Gasteiger partial charge in [-0.25, -0.2) is 4.79 Å². The Kier molecular flexibility index (Phi) is 5.37. The largest absolute Gasteiger partial charge is 0.481 e. The van der Waals surface area contributed by atoms with Crippen molar-refractivity contribution in [3.8, 4) is 0 Å². The van der Waals surface area contributed by atoms with Crippen LogP contribution in [0.25, 0.3) is 0 Å². The molecule has 118 valence electrons. The quantitative estimate of drug-likeness (QED) is 0.732. The van der Waals surface area contributed by atoms with Crippen LogP contribution < -0.4 is 0 Å². The van der Waals surface area contributed by atoms with Crippen LogP contribution in [0.5, 0.6) is 0 Å². The SMILES string of the molecule is CC(C)CC1=C(C(=O)O)C(C(=O)O)C=CC1(C)CC(C)C. The van der Waals surface area contributed by atoms with Crippen LogP contribution in [0.2, 0.25) is 0 Å². The molecular formula is C17H26O4. The topological polar surface area (TPSA) is 74.6 Å². The molecule has 0 saturated carbocycles. The minimum atomic E-state index is -1.11. The molecule has 1 aliphatic carbocycles. The van der Waals surface area contributed by atoms with Gasteiger partial charge in [0.05, 0.1) is 5.57 Å². The Morgan fingerprint density at radius 1 is 1.19 bits per heavy atom. The number of aliphatic carboxylic acids is 2. The molecule has 0 aromatic rings. The lowest BCUT2D eigenvalue weighted by Gasteiger charge is -2.37. The fourth-order valence-corrected chi connectivity index (χ4v) is 3.26. The van der Waals surface area contributed by atoms with Crippen LogP contribution in [0.15, 0.2) is 23.3 Å². The molecule has 4 nitrogen and oxygen atoms in total. The summed E-state index contributed by atoms with van der Waals surface area (Å²) in [5.41, 5.74) is 0.452. The van der Waals surface area contributed by atoms with E-state index in [1.807, 2.05) is 26.8 Å². The monoisotopic (exact) mass is 294 g/mol. The maximum Gasteiger partial charge on any atom is 0.332 e. The molecule has 21 heavy (non-hydrogen) atoms. The van der Waals surface area contributed by atoms with E-state index in [1.165, 1.54) is 6.08 Å². The maximum absolute atomic E-state index is 11.7. The summed E-state index contributed by atoms with van der Waals surface area (Å²) in [5.74, 6) is -2.58. The smallest absolute Gasteiger partial charge is 0.332 e. The van der Waals surface area contributed by atoms with Crippen molar-refractivity contribution >= 4 is 11.9 Å². The Morgan fingerprint density at radius 3 is 2.14 bits per heavy atom. The fourth-order valence-electron chi connectivity index (χ4n) is 3.26. The minimum absolute atomic E-state index is 0.0573. The second-order valence-corrected chi connectivity index (χ2v) is 6.99. The van der Waals surface area contributed by atoms with Gasteiger partial charge in [-0.05, 0) is 30.3 Å². The van der Waals surface area contributed by atoms with Crippen LogP contribution in [0, 0.1) is 23.2 Å². The van der Waals surface area contributed by atoms with Crippen LogP contribution >= 0.6 is 0 Å². The fraction of sp³-hybridized carbons (Fsp3) is 0.647. The molecule has 1 aliphatic rings. The standard InChI is InChI=1S/C17H26O4/c1-10(2)8-13-14(16(20)21)12(15(18)19)6-7-17(13,5)9-11(3)4/h6-7,10-12H,8-9H2,1-5H3,(H,18,19)(H,20,21). The predicted octanol–water partition coefficient (Wildman–Crippen LogP) is 3.74. The number of rotatable bonds is 6. The maximum atomic E-state index is 11.7. The summed E-state index contributed by atoms with van der Waals surface area (Å²) in [5, 5.41) is 18.9. The van der Waals surface area contributed by atoms with Crippen molar-refractivity contribution in [3.63, 3.8) is 0 Å². The van der Waals surface area contributed by atoms with Gasteiger partial charge in [-0.3, -0.25) is 4.79 Å². The van der Waals surface area contributed by atoms with Crippen LogP contribution in [-0.4, -0.2) is 22.2 Å². The summed E-state index contributed by atoms with van der Waals surface area (Å²) in [7, 11) is 0. The number of hydrogen-bond acceptors (Lipinski definition) is 2. The van der Waals surface area contributed by atoms with Crippen molar-refractivity contribution in [1.82, 2.24) is 0 Å². The van der Waals surface area contributed by atoms with Gasteiger partial charge in [-0.1, -0.05) is 46.8 Å². The predicted molar refractivity (Wildman–Crippen MR) is 81.9 cm³/mol. The molecule has 0 amide bonds. The Balaban J connectivity index is 3.45. The molecule has 0 saturated heterocycles. The molecule has 0 bridgehead atoms. The second kappa shape index (κ2) is 6.46. The van der Waals surface area contributed by atoms with Crippen LogP contribution in [0.3, 0.4) is 0 Å². The van der Waals surface area contributed by atoms with E-state index in [2.05, 4.69) is 13.8 Å². The van der Waals surface area contributed by atoms with E-state index in [1.54, 1.807) is 0 Å². The summed E-state index contributed by atoms with van der Waals surface area (Å²) in [6.45, 7) is 10.3. The van der Waals surface area contributed by atoms with Crippen molar-refractivity contribution in [1.29, 1.82) is 0 Å². The molecule has 2 unspecified atom stereocenters. The molecule has 0 aromatic carbocycles. The van der Waals surface area contributed by atoms with Gasteiger partial charge in [0.1, 0.15) is 5.92 Å². The van der Waals surface area contributed by atoms with Crippen LogP contribution in [0.1, 0.15) is 47.5 Å². The zero-order valence-corrected chi connectivity index (χ0v) is 13.5. The zero-order valence-electron chi connectivity index (χ0n) is 13.5. The van der Waals surface area contributed by atoms with Gasteiger partial charge >= 0.3 is 11.9 Å². The molecule has 0 fully saturated rings. The highest BCUT2D eigenvalue weighted by molar-refractivity contribution is 5.96. The van der Waals surface area contributed by atoms with Gasteiger partial charge in [-0.15, -0.1) is 0 Å². The first-order valence-corrected chi connectivity index (χ1v) is 7.47. The normalized spacial score (nSPS) is 25.8. The number of carboxylic acid groups (broad SMARTS) is 2. The third kappa shape index (κ3) is 3.96. The lowest BCUT2D eigenvalue weighted by atomic mass is 9.66. The van der Waals surface area contributed by atoms with E-state index in [4.69, 9.17) is 0 Å². The zero-order chi connectivity index (χ0) is 16.4. The van der Waals surface area contributed by atoms with Gasteiger partial charge in [0.25, 0.3) is 0 Å². The Bertz CT molecular complexity index is 485. The molecule has 0 aromatic heterocycles. The number of carbonyl (C=O) groups is 2. The molecule has 0 radical (unpaired) electrons. The molecule has 0 spiro atoms. The van der Waals surface area contributed by atoms with Gasteiger partial charge < -0.3 is 10.2 Å². The summed E-state index contributed by atoms with van der Waals surface area (Å²) in [6.07, 6.45) is 4.86. The first-order chi connectivity index (χ1) is 9.58. The molecule has 2 N–H and O–H groups in total. The van der Waals surface area contributed by atoms with Gasteiger partial charge in [0, 0.05) is 5.41 Å². The molecule has 2 atom stereocenters. The molecular weight excluding hydrogens is 268 g/mol. The third-order valence-corrected chi connectivity index (χ3v) is 3.92. The Hall–Kier alpha value is -1.58. The van der Waals surface area contributed by atoms with E-state index in [9.17, 15) is 19.8 Å². The molecule has 4 heteroatoms. The van der Waals surface area contributed by atoms with Crippen molar-refractivity contribution < 1.29 is 19.8 Å². The van der Waals surface area contributed by atoms with E-state index < -0.39 is 17.9 Å². The first-order valence-electron chi connectivity index (χ1n) is 7.47. The van der Waals surface area contributed by atoms with Crippen molar-refractivity contribution in [3.05, 3.63) is 23.3 Å². The molecule has 1 rings (SSSR count). The summed E-state index contributed by atoms with van der Waals surface area (Å²) < 4.78 is 0. The van der Waals surface area contributed by atoms with Crippen molar-refractivity contribution in [2.75, 3.05) is 0 Å². The highest BCUT2D eigenvalue weighted by Gasteiger charge is 2.40. The van der Waals surface area contributed by atoms with Gasteiger partial charge in [-0.2, -0.15) is 0 Å². The summed E-state index contributed by atoms with van der Waals surface area (Å²) in [4.78, 5) is 23.1.